The Morgan fingerprint density at radius 3 is 2.48 bits per heavy atom. The summed E-state index contributed by atoms with van der Waals surface area (Å²) in [7, 11) is 0. The molecule has 1 saturated heterocycles. The Kier molecular flexibility index (Phi) is 6.32. The van der Waals surface area contributed by atoms with Gasteiger partial charge < -0.3 is 15.2 Å². The van der Waals surface area contributed by atoms with Crippen LogP contribution in [0.3, 0.4) is 0 Å². The molecule has 7 nitrogen and oxygen atoms in total. The first-order valence-corrected chi connectivity index (χ1v) is 7.94. The van der Waals surface area contributed by atoms with Crippen molar-refractivity contribution < 1.29 is 24.2 Å². The molecule has 2 amide bonds. The third-order valence-corrected chi connectivity index (χ3v) is 4.73. The van der Waals surface area contributed by atoms with Gasteiger partial charge in [-0.05, 0) is 19.8 Å². The molecular formula is C13H22N2O5S. The number of thioether (sulfide) groups is 1. The summed E-state index contributed by atoms with van der Waals surface area (Å²) < 4.78 is 4.82. The number of nitrogens with zero attached hydrogens (tertiary/aromatic N) is 1. The maximum absolute atomic E-state index is 12.3. The van der Waals surface area contributed by atoms with Gasteiger partial charge in [-0.3, -0.25) is 4.90 Å². The Morgan fingerprint density at radius 1 is 1.38 bits per heavy atom. The highest BCUT2D eigenvalue weighted by Gasteiger charge is 2.43. The first kappa shape index (κ1) is 17.6. The number of carbonyl (C=O) groups excluding carboxylic acids is 2. The van der Waals surface area contributed by atoms with Crippen LogP contribution >= 0.6 is 11.8 Å². The number of carboxylic acid groups (broad SMARTS) is 1. The van der Waals surface area contributed by atoms with Crippen LogP contribution < -0.4 is 5.32 Å². The molecule has 21 heavy (non-hydrogen) atoms. The number of esters is 1. The summed E-state index contributed by atoms with van der Waals surface area (Å²) in [6, 6.07) is -2.24. The second kappa shape index (κ2) is 7.53. The van der Waals surface area contributed by atoms with Crippen molar-refractivity contribution in [1.29, 1.82) is 0 Å². The number of amides is 2. The number of urea groups is 1. The summed E-state index contributed by atoms with van der Waals surface area (Å²) in [6.07, 6.45) is 0. The second-order valence-corrected chi connectivity index (χ2v) is 6.30. The van der Waals surface area contributed by atoms with Gasteiger partial charge in [-0.1, -0.05) is 13.8 Å². The van der Waals surface area contributed by atoms with Crippen LogP contribution in [0, 0.1) is 5.92 Å². The van der Waals surface area contributed by atoms with Gasteiger partial charge in [0.1, 0.15) is 12.1 Å². The standard InChI is InChI=1S/C13H22N2O5S/c1-5-20-12(18)8(4)14-13(19)15-9(11(16)17)6-21-10(15)7(2)3/h7-10H,5-6H2,1-4H3,(H,14,19)(H,16,17). The Labute approximate surface area is 128 Å². The number of aliphatic carboxylic acids is 1. The van der Waals surface area contributed by atoms with Crippen molar-refractivity contribution in [2.75, 3.05) is 12.4 Å². The number of hydrogen-bond acceptors (Lipinski definition) is 5. The van der Waals surface area contributed by atoms with Gasteiger partial charge in [0.2, 0.25) is 0 Å². The number of carbonyl (C=O) groups is 3. The molecule has 0 radical (unpaired) electrons. The number of nitrogens with one attached hydrogen (secondary N) is 1. The van der Waals surface area contributed by atoms with Crippen LogP contribution in [0.1, 0.15) is 27.7 Å². The predicted molar refractivity (Wildman–Crippen MR) is 79.0 cm³/mol. The first-order valence-electron chi connectivity index (χ1n) is 6.89. The molecule has 1 heterocycles. The Bertz CT molecular complexity index is 415. The van der Waals surface area contributed by atoms with Gasteiger partial charge in [0, 0.05) is 5.75 Å². The van der Waals surface area contributed by atoms with E-state index in [9.17, 15) is 19.5 Å². The highest BCUT2D eigenvalue weighted by Crippen LogP contribution is 2.34. The maximum atomic E-state index is 12.3. The normalized spacial score (nSPS) is 23.0. The molecule has 8 heteroatoms. The van der Waals surface area contributed by atoms with Gasteiger partial charge in [0.25, 0.3) is 0 Å². The van der Waals surface area contributed by atoms with Gasteiger partial charge in [-0.15, -0.1) is 11.8 Å². The molecule has 0 aliphatic carbocycles. The van der Waals surface area contributed by atoms with Crippen molar-refractivity contribution in [3.05, 3.63) is 0 Å². The molecule has 0 spiro atoms. The van der Waals surface area contributed by atoms with Crippen molar-refractivity contribution in [3.8, 4) is 0 Å². The van der Waals surface area contributed by atoms with E-state index in [0.29, 0.717) is 5.75 Å². The van der Waals surface area contributed by atoms with Gasteiger partial charge in [-0.25, -0.2) is 14.4 Å². The molecule has 2 N–H and O–H groups in total. The number of carboxylic acids is 1. The monoisotopic (exact) mass is 318 g/mol. The molecule has 3 atom stereocenters. The van der Waals surface area contributed by atoms with Crippen LogP contribution in [0.4, 0.5) is 4.79 Å². The van der Waals surface area contributed by atoms with Gasteiger partial charge >= 0.3 is 18.0 Å². The minimum Gasteiger partial charge on any atom is -0.480 e. The fraction of sp³-hybridized carbons (Fsp3) is 0.769. The van der Waals surface area contributed by atoms with Crippen molar-refractivity contribution in [2.24, 2.45) is 5.92 Å². The summed E-state index contributed by atoms with van der Waals surface area (Å²) >= 11 is 1.44. The molecule has 3 unspecified atom stereocenters. The van der Waals surface area contributed by atoms with Crippen molar-refractivity contribution >= 4 is 29.7 Å². The fourth-order valence-corrected chi connectivity index (χ4v) is 3.55. The van der Waals surface area contributed by atoms with E-state index in [1.807, 2.05) is 13.8 Å². The quantitative estimate of drug-likeness (QED) is 0.738. The minimum absolute atomic E-state index is 0.114. The lowest BCUT2D eigenvalue weighted by molar-refractivity contribution is -0.144. The molecule has 0 aromatic heterocycles. The van der Waals surface area contributed by atoms with Crippen LogP contribution in [-0.4, -0.2) is 57.8 Å². The van der Waals surface area contributed by atoms with Gasteiger partial charge in [-0.2, -0.15) is 0 Å². The summed E-state index contributed by atoms with van der Waals surface area (Å²) in [5, 5.41) is 11.5. The maximum Gasteiger partial charge on any atom is 0.328 e. The van der Waals surface area contributed by atoms with E-state index in [0.717, 1.165) is 0 Å². The van der Waals surface area contributed by atoms with Crippen LogP contribution in [-0.2, 0) is 14.3 Å². The average molecular weight is 318 g/mol. The zero-order valence-electron chi connectivity index (χ0n) is 12.7. The van der Waals surface area contributed by atoms with E-state index in [1.165, 1.54) is 23.6 Å². The third kappa shape index (κ3) is 4.26. The smallest absolute Gasteiger partial charge is 0.328 e. The molecule has 0 bridgehead atoms. The Hall–Kier alpha value is -1.44. The van der Waals surface area contributed by atoms with Crippen molar-refractivity contribution in [3.63, 3.8) is 0 Å². The summed E-state index contributed by atoms with van der Waals surface area (Å²) in [5.74, 6) is -1.11. The third-order valence-electron chi connectivity index (χ3n) is 3.10. The summed E-state index contributed by atoms with van der Waals surface area (Å²) in [5.41, 5.74) is 0. The second-order valence-electron chi connectivity index (χ2n) is 5.15. The molecule has 0 saturated carbocycles. The molecule has 1 aliphatic rings. The topological polar surface area (TPSA) is 95.9 Å². The zero-order chi connectivity index (χ0) is 16.2. The number of hydrogen-bond donors (Lipinski definition) is 2. The molecule has 120 valence electrons. The Balaban J connectivity index is 2.80. The lowest BCUT2D eigenvalue weighted by Gasteiger charge is -2.30. The first-order chi connectivity index (χ1) is 9.79. The Morgan fingerprint density at radius 2 is 2.00 bits per heavy atom. The molecule has 1 fully saturated rings. The largest absolute Gasteiger partial charge is 0.480 e. The lowest BCUT2D eigenvalue weighted by atomic mass is 10.1. The predicted octanol–water partition coefficient (Wildman–Crippen LogP) is 1.13. The highest BCUT2D eigenvalue weighted by molar-refractivity contribution is 8.00. The van der Waals surface area contributed by atoms with Gasteiger partial charge in [0.15, 0.2) is 0 Å². The van der Waals surface area contributed by atoms with Gasteiger partial charge in [0.05, 0.1) is 12.0 Å². The summed E-state index contributed by atoms with van der Waals surface area (Å²) in [6.45, 7) is 7.27. The highest BCUT2D eigenvalue weighted by atomic mass is 32.2. The van der Waals surface area contributed by atoms with Crippen molar-refractivity contribution in [1.82, 2.24) is 10.2 Å². The van der Waals surface area contributed by atoms with Crippen LogP contribution in [0.5, 0.6) is 0 Å². The molecular weight excluding hydrogens is 296 g/mol. The van der Waals surface area contributed by atoms with Crippen molar-refractivity contribution in [2.45, 2.75) is 45.2 Å². The van der Waals surface area contributed by atoms with Crippen LogP contribution in [0.15, 0.2) is 0 Å². The van der Waals surface area contributed by atoms with E-state index >= 15 is 0 Å². The average Bonchev–Trinajstić information content (AvgIpc) is 2.83. The summed E-state index contributed by atoms with van der Waals surface area (Å²) in [4.78, 5) is 36.5. The lowest BCUT2D eigenvalue weighted by Crippen LogP contribution is -2.54. The molecule has 0 aromatic rings. The number of ether oxygens (including phenoxy) is 1. The SMILES string of the molecule is CCOC(=O)C(C)NC(=O)N1C(C(=O)O)CSC1C(C)C. The van der Waals surface area contributed by atoms with E-state index < -0.39 is 30.1 Å². The van der Waals surface area contributed by atoms with E-state index in [-0.39, 0.29) is 17.9 Å². The minimum atomic E-state index is -1.04. The van der Waals surface area contributed by atoms with E-state index in [2.05, 4.69) is 5.32 Å². The van der Waals surface area contributed by atoms with Crippen LogP contribution in [0.25, 0.3) is 0 Å². The molecule has 1 aliphatic heterocycles. The molecule has 1 rings (SSSR count). The molecule has 0 aromatic carbocycles. The fourth-order valence-electron chi connectivity index (χ4n) is 2.07. The van der Waals surface area contributed by atoms with Crippen LogP contribution in [0.2, 0.25) is 0 Å². The van der Waals surface area contributed by atoms with E-state index in [1.54, 1.807) is 6.92 Å². The van der Waals surface area contributed by atoms with E-state index in [4.69, 9.17) is 4.74 Å². The number of rotatable bonds is 5. The zero-order valence-corrected chi connectivity index (χ0v) is 13.5.